The number of nitrogens with zero attached hydrogens (tertiary/aromatic N) is 1. The van der Waals surface area contributed by atoms with Crippen LogP contribution >= 0.6 is 0 Å². The van der Waals surface area contributed by atoms with Gasteiger partial charge in [0.1, 0.15) is 0 Å². The van der Waals surface area contributed by atoms with Gasteiger partial charge in [0.25, 0.3) is 0 Å². The van der Waals surface area contributed by atoms with E-state index in [-0.39, 0.29) is 6.67 Å². The van der Waals surface area contributed by atoms with Gasteiger partial charge in [-0.25, -0.2) is 0 Å². The molecule has 0 radical (unpaired) electrons. The average molecular weight is 257 g/mol. The smallest absolute Gasteiger partial charge is 0.0897 e. The summed E-state index contributed by atoms with van der Waals surface area (Å²) in [6, 6.07) is 0. The van der Waals surface area contributed by atoms with Gasteiger partial charge in [0.2, 0.25) is 0 Å². The molecule has 18 heavy (non-hydrogen) atoms. The number of alkyl halides is 1. The lowest BCUT2D eigenvalue weighted by Crippen LogP contribution is -2.39. The van der Waals surface area contributed by atoms with Gasteiger partial charge in [-0.1, -0.05) is 0 Å². The predicted molar refractivity (Wildman–Crippen MR) is 72.5 cm³/mol. The fourth-order valence-electron chi connectivity index (χ4n) is 2.93. The van der Waals surface area contributed by atoms with E-state index in [1.54, 1.807) is 0 Å². The second-order valence-corrected chi connectivity index (χ2v) is 6.56. The highest BCUT2D eigenvalue weighted by molar-refractivity contribution is 4.96. The molecule has 3 heteroatoms. The summed E-state index contributed by atoms with van der Waals surface area (Å²) >= 11 is 0. The minimum Gasteiger partial charge on any atom is -0.378 e. The van der Waals surface area contributed by atoms with Crippen LogP contribution in [-0.4, -0.2) is 43.9 Å². The topological polar surface area (TPSA) is 12.5 Å². The Hall–Kier alpha value is -0.150. The van der Waals surface area contributed by atoms with E-state index in [4.69, 9.17) is 4.74 Å². The predicted octanol–water partition coefficient (Wildman–Crippen LogP) is 3.26. The molecule has 0 bridgehead atoms. The van der Waals surface area contributed by atoms with Crippen LogP contribution in [0.4, 0.5) is 4.39 Å². The van der Waals surface area contributed by atoms with Gasteiger partial charge in [-0.2, -0.15) is 0 Å². The Morgan fingerprint density at radius 1 is 1.28 bits per heavy atom. The molecule has 0 aromatic heterocycles. The van der Waals surface area contributed by atoms with Gasteiger partial charge < -0.3 is 9.64 Å². The Labute approximate surface area is 111 Å². The number of rotatable bonds is 7. The Bertz CT molecular complexity index is 245. The van der Waals surface area contributed by atoms with Crippen LogP contribution in [0.1, 0.15) is 46.0 Å². The van der Waals surface area contributed by atoms with E-state index in [2.05, 4.69) is 18.7 Å². The van der Waals surface area contributed by atoms with E-state index in [9.17, 15) is 4.39 Å². The third-order valence-corrected chi connectivity index (χ3v) is 4.46. The van der Waals surface area contributed by atoms with Gasteiger partial charge in [0.15, 0.2) is 0 Å². The van der Waals surface area contributed by atoms with Gasteiger partial charge in [0.05, 0.1) is 19.4 Å². The molecule has 1 saturated heterocycles. The zero-order valence-corrected chi connectivity index (χ0v) is 12.0. The van der Waals surface area contributed by atoms with Crippen molar-refractivity contribution in [2.24, 2.45) is 11.3 Å². The minimum atomic E-state index is -0.142. The van der Waals surface area contributed by atoms with Crippen LogP contribution in [0, 0.1) is 11.3 Å². The van der Waals surface area contributed by atoms with Crippen LogP contribution < -0.4 is 0 Å². The van der Waals surface area contributed by atoms with E-state index in [0.29, 0.717) is 17.4 Å². The Morgan fingerprint density at radius 2 is 1.94 bits per heavy atom. The molecule has 0 N–H and O–H groups in total. The second-order valence-electron chi connectivity index (χ2n) is 6.56. The molecule has 1 aliphatic heterocycles. The second kappa shape index (κ2) is 6.33. The van der Waals surface area contributed by atoms with Crippen molar-refractivity contribution >= 4 is 0 Å². The van der Waals surface area contributed by atoms with Crippen molar-refractivity contribution < 1.29 is 9.13 Å². The summed E-state index contributed by atoms with van der Waals surface area (Å²) in [4.78, 5) is 2.57. The third kappa shape index (κ3) is 4.20. The SMILES string of the molecule is CC(C)OCC1(CN2CCC(CCF)CC2)CC1. The van der Waals surface area contributed by atoms with Crippen molar-refractivity contribution in [3.63, 3.8) is 0 Å². The number of ether oxygens (including phenoxy) is 1. The molecular formula is C15H28FNO. The summed E-state index contributed by atoms with van der Waals surface area (Å²) in [5.74, 6) is 0.633. The fourth-order valence-corrected chi connectivity index (χ4v) is 2.93. The van der Waals surface area contributed by atoms with Gasteiger partial charge in [0, 0.05) is 12.0 Å². The van der Waals surface area contributed by atoms with Crippen LogP contribution in [-0.2, 0) is 4.74 Å². The first-order valence-electron chi connectivity index (χ1n) is 7.53. The van der Waals surface area contributed by atoms with Crippen LogP contribution in [0.5, 0.6) is 0 Å². The lowest BCUT2D eigenvalue weighted by molar-refractivity contribution is 0.0261. The number of likely N-dealkylation sites (tertiary alicyclic amines) is 1. The molecule has 0 aromatic rings. The van der Waals surface area contributed by atoms with Crippen molar-refractivity contribution in [2.45, 2.75) is 52.1 Å². The molecule has 1 saturated carbocycles. The number of hydrogen-bond donors (Lipinski definition) is 0. The maximum absolute atomic E-state index is 12.3. The van der Waals surface area contributed by atoms with Gasteiger partial charge in [-0.3, -0.25) is 4.39 Å². The van der Waals surface area contributed by atoms with Gasteiger partial charge >= 0.3 is 0 Å². The Kier molecular flexibility index (Phi) is 5.02. The highest BCUT2D eigenvalue weighted by Crippen LogP contribution is 2.47. The summed E-state index contributed by atoms with van der Waals surface area (Å²) in [5, 5.41) is 0. The molecule has 2 aliphatic rings. The number of hydrogen-bond acceptors (Lipinski definition) is 2. The maximum atomic E-state index is 12.3. The third-order valence-electron chi connectivity index (χ3n) is 4.46. The summed E-state index contributed by atoms with van der Waals surface area (Å²) in [7, 11) is 0. The first kappa shape index (κ1) is 14.3. The van der Waals surface area contributed by atoms with E-state index < -0.39 is 0 Å². The van der Waals surface area contributed by atoms with Crippen molar-refractivity contribution in [3.8, 4) is 0 Å². The lowest BCUT2D eigenvalue weighted by atomic mass is 9.93. The molecule has 0 amide bonds. The van der Waals surface area contributed by atoms with Gasteiger partial charge in [-0.15, -0.1) is 0 Å². The first-order chi connectivity index (χ1) is 8.63. The van der Waals surface area contributed by atoms with Crippen LogP contribution in [0.3, 0.4) is 0 Å². The van der Waals surface area contributed by atoms with Crippen molar-refractivity contribution in [1.82, 2.24) is 4.90 Å². The first-order valence-corrected chi connectivity index (χ1v) is 7.53. The molecular weight excluding hydrogens is 229 g/mol. The molecule has 0 atom stereocenters. The highest BCUT2D eigenvalue weighted by Gasteiger charge is 2.44. The van der Waals surface area contributed by atoms with Gasteiger partial charge in [-0.05, 0) is 65.0 Å². The van der Waals surface area contributed by atoms with Crippen LogP contribution in [0.25, 0.3) is 0 Å². The van der Waals surface area contributed by atoms with Crippen LogP contribution in [0.15, 0.2) is 0 Å². The Morgan fingerprint density at radius 3 is 2.44 bits per heavy atom. The van der Waals surface area contributed by atoms with E-state index in [0.717, 1.165) is 26.1 Å². The normalized spacial score (nSPS) is 24.7. The molecule has 106 valence electrons. The number of piperidine rings is 1. The molecule has 0 aromatic carbocycles. The molecule has 1 heterocycles. The maximum Gasteiger partial charge on any atom is 0.0897 e. The van der Waals surface area contributed by atoms with Crippen molar-refractivity contribution in [2.75, 3.05) is 32.9 Å². The van der Waals surface area contributed by atoms with E-state index >= 15 is 0 Å². The minimum absolute atomic E-state index is 0.142. The summed E-state index contributed by atoms with van der Waals surface area (Å²) < 4.78 is 18.1. The molecule has 2 nitrogen and oxygen atoms in total. The van der Waals surface area contributed by atoms with Crippen molar-refractivity contribution in [3.05, 3.63) is 0 Å². The molecule has 0 spiro atoms. The molecule has 2 rings (SSSR count). The van der Waals surface area contributed by atoms with Crippen LogP contribution in [0.2, 0.25) is 0 Å². The summed E-state index contributed by atoms with van der Waals surface area (Å²) in [6.45, 7) is 8.52. The summed E-state index contributed by atoms with van der Waals surface area (Å²) in [5.41, 5.74) is 0.456. The number of halogens is 1. The molecule has 2 fully saturated rings. The zero-order valence-electron chi connectivity index (χ0n) is 12.0. The zero-order chi connectivity index (χ0) is 13.0. The standard InChI is InChI=1S/C15H28FNO/c1-13(2)18-12-15(6-7-15)11-17-9-4-14(3-8-16)5-10-17/h13-14H,3-12H2,1-2H3. The fraction of sp³-hybridized carbons (Fsp3) is 1.00. The average Bonchev–Trinajstić information content (AvgIpc) is 3.10. The monoisotopic (exact) mass is 257 g/mol. The Balaban J connectivity index is 1.68. The quantitative estimate of drug-likeness (QED) is 0.694. The molecule has 1 aliphatic carbocycles. The van der Waals surface area contributed by atoms with Crippen molar-refractivity contribution in [1.29, 1.82) is 0 Å². The van der Waals surface area contributed by atoms with E-state index in [1.165, 1.54) is 32.2 Å². The molecule has 0 unspecified atom stereocenters. The largest absolute Gasteiger partial charge is 0.378 e. The van der Waals surface area contributed by atoms with E-state index in [1.807, 2.05) is 0 Å². The lowest BCUT2D eigenvalue weighted by Gasteiger charge is -2.34. The highest BCUT2D eigenvalue weighted by atomic mass is 19.1. The summed E-state index contributed by atoms with van der Waals surface area (Å²) in [6.07, 6.45) is 6.14.